The normalized spacial score (nSPS) is 11.8. The molecule has 7 nitrogen and oxygen atoms in total. The maximum Gasteiger partial charge on any atom is 0.328 e. The predicted molar refractivity (Wildman–Crippen MR) is 162 cm³/mol. The van der Waals surface area contributed by atoms with Crippen molar-refractivity contribution >= 4 is 23.3 Å². The van der Waals surface area contributed by atoms with Crippen LogP contribution in [-0.4, -0.2) is 55.4 Å². The van der Waals surface area contributed by atoms with E-state index in [9.17, 15) is 14.4 Å². The number of ketones is 1. The summed E-state index contributed by atoms with van der Waals surface area (Å²) in [5.74, 6) is 0.279. The Bertz CT molecular complexity index is 1280. The molecule has 7 heteroatoms. The fourth-order valence-electron chi connectivity index (χ4n) is 4.50. The first-order chi connectivity index (χ1) is 19.6. The van der Waals surface area contributed by atoms with E-state index >= 15 is 0 Å². The van der Waals surface area contributed by atoms with Crippen LogP contribution in [-0.2, 0) is 20.7 Å². The molecular weight excluding hydrogens is 516 g/mol. The predicted octanol–water partition coefficient (Wildman–Crippen LogP) is 6.17. The van der Waals surface area contributed by atoms with Crippen LogP contribution in [0.25, 0.3) is 0 Å². The number of carbonyl (C=O) groups excluding carboxylic acids is 3. The quantitative estimate of drug-likeness (QED) is 0.188. The number of anilines is 1. The molecule has 0 aliphatic rings. The molecule has 1 atom stereocenters. The fraction of sp³-hybridized carbons (Fsp3) is 0.382. The molecule has 0 saturated heterocycles. The van der Waals surface area contributed by atoms with Crippen molar-refractivity contribution in [3.05, 3.63) is 95.6 Å². The summed E-state index contributed by atoms with van der Waals surface area (Å²) in [5.41, 5.74) is 2.46. The monoisotopic (exact) mass is 558 g/mol. The zero-order valence-corrected chi connectivity index (χ0v) is 24.8. The fourth-order valence-corrected chi connectivity index (χ4v) is 4.50. The third-order valence-electron chi connectivity index (χ3n) is 6.54. The van der Waals surface area contributed by atoms with Crippen molar-refractivity contribution < 1.29 is 23.9 Å². The molecule has 0 fully saturated rings. The zero-order valence-electron chi connectivity index (χ0n) is 24.8. The van der Waals surface area contributed by atoms with Crippen molar-refractivity contribution in [3.63, 3.8) is 0 Å². The summed E-state index contributed by atoms with van der Waals surface area (Å²) in [4.78, 5) is 40.4. The standard InChI is InChI=1S/C34H42N2O5/c1-6-20-36(31(37)24-34(2,3)4)21-22-41-27-18-16-25(17-19-27)23-30(33(39)40-5)35-29-15-11-10-14-28(29)32(38)26-12-8-7-9-13-26/h7-19,30,35H,6,20-24H2,1-5H3. The van der Waals surface area contributed by atoms with E-state index in [1.165, 1.54) is 7.11 Å². The minimum atomic E-state index is -0.701. The molecule has 0 saturated carbocycles. The van der Waals surface area contributed by atoms with E-state index in [4.69, 9.17) is 9.47 Å². The minimum absolute atomic E-state index is 0.0593. The number of nitrogens with zero attached hydrogens (tertiary/aromatic N) is 1. The Labute approximate surface area is 243 Å². The molecule has 0 spiro atoms. The van der Waals surface area contributed by atoms with E-state index < -0.39 is 12.0 Å². The summed E-state index contributed by atoms with van der Waals surface area (Å²) in [5, 5.41) is 3.23. The van der Waals surface area contributed by atoms with Crippen LogP contribution in [0.2, 0.25) is 0 Å². The van der Waals surface area contributed by atoms with E-state index in [2.05, 4.69) is 33.0 Å². The van der Waals surface area contributed by atoms with Crippen LogP contribution in [0.15, 0.2) is 78.9 Å². The van der Waals surface area contributed by atoms with Crippen molar-refractivity contribution in [2.45, 2.75) is 53.0 Å². The summed E-state index contributed by atoms with van der Waals surface area (Å²) in [6.07, 6.45) is 1.75. The van der Waals surface area contributed by atoms with Crippen LogP contribution in [0.1, 0.15) is 62.0 Å². The molecule has 41 heavy (non-hydrogen) atoms. The molecule has 3 aromatic rings. The van der Waals surface area contributed by atoms with Crippen molar-refractivity contribution in [2.75, 3.05) is 32.1 Å². The molecule has 1 amide bonds. The molecule has 0 heterocycles. The van der Waals surface area contributed by atoms with Gasteiger partial charge in [0.05, 0.1) is 13.7 Å². The number of benzene rings is 3. The Morgan fingerprint density at radius 3 is 2.17 bits per heavy atom. The third-order valence-corrected chi connectivity index (χ3v) is 6.54. The van der Waals surface area contributed by atoms with Crippen LogP contribution in [0.5, 0.6) is 5.75 Å². The molecule has 0 aliphatic heterocycles. The van der Waals surface area contributed by atoms with E-state index in [0.29, 0.717) is 55.1 Å². The Morgan fingerprint density at radius 2 is 1.54 bits per heavy atom. The first kappa shape index (κ1) is 31.4. The summed E-state index contributed by atoms with van der Waals surface area (Å²) in [6, 6.07) is 23.0. The lowest BCUT2D eigenvalue weighted by molar-refractivity contribution is -0.141. The van der Waals surface area contributed by atoms with Crippen LogP contribution in [0, 0.1) is 5.41 Å². The second-order valence-electron chi connectivity index (χ2n) is 11.3. The second kappa shape index (κ2) is 15.0. The molecule has 0 aromatic heterocycles. The molecule has 3 rings (SSSR count). The Balaban J connectivity index is 1.64. The van der Waals surface area contributed by atoms with Gasteiger partial charge < -0.3 is 19.7 Å². The first-order valence-corrected chi connectivity index (χ1v) is 14.1. The molecular formula is C34H42N2O5. The average Bonchev–Trinajstić information content (AvgIpc) is 2.96. The Kier molecular flexibility index (Phi) is 11.5. The summed E-state index contributed by atoms with van der Waals surface area (Å²) in [6.45, 7) is 9.89. The van der Waals surface area contributed by atoms with Gasteiger partial charge in [0, 0.05) is 36.2 Å². The number of rotatable bonds is 14. The number of methoxy groups -OCH3 is 1. The average molecular weight is 559 g/mol. The van der Waals surface area contributed by atoms with Crippen molar-refractivity contribution in [3.8, 4) is 5.75 Å². The lowest BCUT2D eigenvalue weighted by Gasteiger charge is -2.26. The highest BCUT2D eigenvalue weighted by Gasteiger charge is 2.23. The highest BCUT2D eigenvalue weighted by Crippen LogP contribution is 2.23. The van der Waals surface area contributed by atoms with Gasteiger partial charge in [-0.15, -0.1) is 0 Å². The number of esters is 1. The van der Waals surface area contributed by atoms with E-state index in [1.807, 2.05) is 53.4 Å². The Morgan fingerprint density at radius 1 is 0.878 bits per heavy atom. The van der Waals surface area contributed by atoms with Gasteiger partial charge in [0.1, 0.15) is 18.4 Å². The largest absolute Gasteiger partial charge is 0.492 e. The maximum absolute atomic E-state index is 13.2. The third kappa shape index (κ3) is 9.78. The number of para-hydroxylation sites is 1. The number of amides is 1. The first-order valence-electron chi connectivity index (χ1n) is 14.1. The van der Waals surface area contributed by atoms with E-state index in [-0.39, 0.29) is 17.1 Å². The van der Waals surface area contributed by atoms with Gasteiger partial charge in [-0.2, -0.15) is 0 Å². The maximum atomic E-state index is 13.2. The van der Waals surface area contributed by atoms with Crippen molar-refractivity contribution in [1.29, 1.82) is 0 Å². The van der Waals surface area contributed by atoms with Gasteiger partial charge in [-0.3, -0.25) is 9.59 Å². The molecule has 0 radical (unpaired) electrons. The summed E-state index contributed by atoms with van der Waals surface area (Å²) in [7, 11) is 1.35. The van der Waals surface area contributed by atoms with Crippen LogP contribution in [0.4, 0.5) is 5.69 Å². The molecule has 3 aromatic carbocycles. The summed E-state index contributed by atoms with van der Waals surface area (Å²) < 4.78 is 11.0. The van der Waals surface area contributed by atoms with Gasteiger partial charge >= 0.3 is 5.97 Å². The van der Waals surface area contributed by atoms with Gasteiger partial charge in [-0.25, -0.2) is 4.79 Å². The second-order valence-corrected chi connectivity index (χ2v) is 11.3. The number of hydrogen-bond acceptors (Lipinski definition) is 6. The van der Waals surface area contributed by atoms with Gasteiger partial charge in [0.15, 0.2) is 5.78 Å². The number of carbonyl (C=O) groups is 3. The van der Waals surface area contributed by atoms with Gasteiger partial charge in [-0.05, 0) is 41.7 Å². The smallest absolute Gasteiger partial charge is 0.328 e. The van der Waals surface area contributed by atoms with Crippen molar-refractivity contribution in [1.82, 2.24) is 4.90 Å². The number of hydrogen-bond donors (Lipinski definition) is 1. The number of nitrogens with one attached hydrogen (secondary N) is 1. The minimum Gasteiger partial charge on any atom is -0.492 e. The lowest BCUT2D eigenvalue weighted by atomic mass is 9.91. The highest BCUT2D eigenvalue weighted by molar-refractivity contribution is 6.12. The summed E-state index contributed by atoms with van der Waals surface area (Å²) >= 11 is 0. The van der Waals surface area contributed by atoms with Gasteiger partial charge in [-0.1, -0.05) is 82.3 Å². The zero-order chi connectivity index (χ0) is 29.8. The van der Waals surface area contributed by atoms with Crippen molar-refractivity contribution in [2.24, 2.45) is 5.41 Å². The Hall–Kier alpha value is -4.13. The van der Waals surface area contributed by atoms with Gasteiger partial charge in [0.2, 0.25) is 5.91 Å². The number of ether oxygens (including phenoxy) is 2. The topological polar surface area (TPSA) is 84.9 Å². The molecule has 218 valence electrons. The van der Waals surface area contributed by atoms with E-state index in [0.717, 1.165) is 12.0 Å². The molecule has 0 bridgehead atoms. The van der Waals surface area contributed by atoms with Crippen LogP contribution >= 0.6 is 0 Å². The van der Waals surface area contributed by atoms with Crippen LogP contribution in [0.3, 0.4) is 0 Å². The van der Waals surface area contributed by atoms with Crippen LogP contribution < -0.4 is 10.1 Å². The van der Waals surface area contributed by atoms with Gasteiger partial charge in [0.25, 0.3) is 0 Å². The SMILES string of the molecule is CCCN(CCOc1ccc(CC(Nc2ccccc2C(=O)c2ccccc2)C(=O)OC)cc1)C(=O)CC(C)(C)C. The molecule has 1 N–H and O–H groups in total. The van der Waals surface area contributed by atoms with E-state index in [1.54, 1.807) is 30.3 Å². The molecule has 1 unspecified atom stereocenters. The molecule has 0 aliphatic carbocycles. The highest BCUT2D eigenvalue weighted by atomic mass is 16.5. The lowest BCUT2D eigenvalue weighted by Crippen LogP contribution is -2.37.